The number of anilines is 1. The van der Waals surface area contributed by atoms with Crippen molar-refractivity contribution < 1.29 is 36.3 Å². The molecule has 0 spiro atoms. The summed E-state index contributed by atoms with van der Waals surface area (Å²) < 4.78 is 58.9. The van der Waals surface area contributed by atoms with E-state index in [2.05, 4.69) is 0 Å². The van der Waals surface area contributed by atoms with Gasteiger partial charge in [-0.05, 0) is 24.3 Å². The lowest BCUT2D eigenvalue weighted by Crippen LogP contribution is -2.29. The summed E-state index contributed by atoms with van der Waals surface area (Å²) >= 11 is 0. The molecule has 0 atom stereocenters. The summed E-state index contributed by atoms with van der Waals surface area (Å²) in [5.41, 5.74) is -0.262. The number of hydrogen-bond acceptors (Lipinski definition) is 4. The molecule has 1 amide bonds. The number of carboxylic acid groups (broad SMARTS) is 1. The number of nitrogens with one attached hydrogen (secondary N) is 1. The zero-order valence-electron chi connectivity index (χ0n) is 9.64. The van der Waals surface area contributed by atoms with Crippen LogP contribution in [0.4, 0.5) is 18.9 Å². The van der Waals surface area contributed by atoms with Gasteiger partial charge in [-0.3, -0.25) is 9.59 Å². The van der Waals surface area contributed by atoms with Crippen LogP contribution in [-0.4, -0.2) is 37.3 Å². The van der Waals surface area contributed by atoms with Gasteiger partial charge in [0.2, 0.25) is 0 Å². The Hall–Kier alpha value is -2.10. The first kappa shape index (κ1) is 16.0. The normalized spacial score (nSPS) is 11.9. The van der Waals surface area contributed by atoms with E-state index in [0.29, 0.717) is 0 Å². The monoisotopic (exact) mass is 311 g/mol. The number of sulfone groups is 1. The quantitative estimate of drug-likeness (QED) is 0.865. The number of amides is 1. The Bertz CT molecular complexity index is 621. The van der Waals surface area contributed by atoms with E-state index in [1.165, 1.54) is 5.32 Å². The minimum Gasteiger partial charge on any atom is -0.480 e. The van der Waals surface area contributed by atoms with E-state index in [4.69, 9.17) is 5.11 Å². The van der Waals surface area contributed by atoms with Crippen molar-refractivity contribution in [2.75, 3.05) is 11.1 Å². The van der Waals surface area contributed by atoms with Gasteiger partial charge in [-0.1, -0.05) is 0 Å². The number of rotatable bonds is 4. The van der Waals surface area contributed by atoms with Gasteiger partial charge < -0.3 is 10.4 Å². The molecule has 0 aliphatic rings. The van der Waals surface area contributed by atoms with E-state index < -0.39 is 33.6 Å². The van der Waals surface area contributed by atoms with Crippen LogP contribution in [0.5, 0.6) is 0 Å². The molecular weight excluding hydrogens is 303 g/mol. The molecule has 0 aromatic heterocycles. The van der Waals surface area contributed by atoms with Gasteiger partial charge in [-0.15, -0.1) is 0 Å². The summed E-state index contributed by atoms with van der Waals surface area (Å²) in [6, 6.07) is 3.67. The Morgan fingerprint density at radius 2 is 1.65 bits per heavy atom. The average molecular weight is 311 g/mol. The Labute approximate surface area is 111 Å². The highest BCUT2D eigenvalue weighted by molar-refractivity contribution is 7.92. The maximum absolute atomic E-state index is 12.0. The standard InChI is InChI=1S/C10H8F3NO5S/c11-10(12,13)9(17)14-6-1-3-7(4-2-6)20(18,19)5-8(15)16/h1-4H,5H2,(H,14,17)(H,15,16). The van der Waals surface area contributed by atoms with Crippen molar-refractivity contribution in [3.8, 4) is 0 Å². The van der Waals surface area contributed by atoms with Crippen molar-refractivity contribution in [1.82, 2.24) is 0 Å². The summed E-state index contributed by atoms with van der Waals surface area (Å²) in [5.74, 6) is -4.89. The minimum absolute atomic E-state index is 0.262. The van der Waals surface area contributed by atoms with E-state index in [-0.39, 0.29) is 10.6 Å². The van der Waals surface area contributed by atoms with Crippen LogP contribution < -0.4 is 5.32 Å². The molecule has 10 heteroatoms. The molecule has 0 fully saturated rings. The Morgan fingerprint density at radius 1 is 1.15 bits per heavy atom. The number of carboxylic acids is 1. The summed E-state index contributed by atoms with van der Waals surface area (Å²) in [7, 11) is -4.07. The molecule has 110 valence electrons. The fourth-order valence-corrected chi connectivity index (χ4v) is 2.24. The maximum atomic E-state index is 12.0. The molecule has 20 heavy (non-hydrogen) atoms. The fourth-order valence-electron chi connectivity index (χ4n) is 1.19. The average Bonchev–Trinajstić information content (AvgIpc) is 2.26. The second-order valence-corrected chi connectivity index (χ2v) is 5.62. The molecule has 1 aromatic rings. The van der Waals surface area contributed by atoms with Crippen molar-refractivity contribution in [1.29, 1.82) is 0 Å². The molecule has 6 nitrogen and oxygen atoms in total. The van der Waals surface area contributed by atoms with E-state index in [0.717, 1.165) is 24.3 Å². The summed E-state index contributed by atoms with van der Waals surface area (Å²) in [6.45, 7) is 0. The topological polar surface area (TPSA) is 101 Å². The van der Waals surface area contributed by atoms with Gasteiger partial charge in [0.15, 0.2) is 15.6 Å². The predicted molar refractivity (Wildman–Crippen MR) is 60.8 cm³/mol. The SMILES string of the molecule is O=C(O)CS(=O)(=O)c1ccc(NC(=O)C(F)(F)F)cc1. The number of alkyl halides is 3. The van der Waals surface area contributed by atoms with Gasteiger partial charge in [-0.2, -0.15) is 13.2 Å². The molecule has 0 aliphatic carbocycles. The first-order valence-electron chi connectivity index (χ1n) is 4.95. The number of benzene rings is 1. The molecule has 1 rings (SSSR count). The molecule has 0 saturated heterocycles. The van der Waals surface area contributed by atoms with Gasteiger partial charge >= 0.3 is 18.1 Å². The van der Waals surface area contributed by atoms with E-state index in [9.17, 15) is 31.2 Å². The maximum Gasteiger partial charge on any atom is 0.471 e. The number of halogens is 3. The molecule has 0 heterocycles. The highest BCUT2D eigenvalue weighted by Gasteiger charge is 2.38. The van der Waals surface area contributed by atoms with E-state index >= 15 is 0 Å². The second kappa shape index (κ2) is 5.49. The molecular formula is C10H8F3NO5S. The van der Waals surface area contributed by atoms with E-state index in [1.807, 2.05) is 0 Å². The van der Waals surface area contributed by atoms with Crippen LogP contribution in [0.25, 0.3) is 0 Å². The number of hydrogen-bond donors (Lipinski definition) is 2. The molecule has 0 saturated carbocycles. The van der Waals surface area contributed by atoms with Crippen LogP contribution in [0.2, 0.25) is 0 Å². The third kappa shape index (κ3) is 4.23. The Kier molecular flexibility index (Phi) is 4.38. The smallest absolute Gasteiger partial charge is 0.471 e. The Morgan fingerprint density at radius 3 is 2.05 bits per heavy atom. The van der Waals surface area contributed by atoms with Crippen LogP contribution in [-0.2, 0) is 19.4 Å². The van der Waals surface area contributed by atoms with E-state index in [1.54, 1.807) is 0 Å². The van der Waals surface area contributed by atoms with Crippen LogP contribution in [0.1, 0.15) is 0 Å². The van der Waals surface area contributed by atoms with Crippen molar-refractivity contribution in [2.24, 2.45) is 0 Å². The van der Waals surface area contributed by atoms with Crippen molar-refractivity contribution in [2.45, 2.75) is 11.1 Å². The second-order valence-electron chi connectivity index (χ2n) is 3.63. The first-order chi connectivity index (χ1) is 9.02. The highest BCUT2D eigenvalue weighted by Crippen LogP contribution is 2.20. The lowest BCUT2D eigenvalue weighted by molar-refractivity contribution is -0.167. The van der Waals surface area contributed by atoms with Crippen LogP contribution in [0.15, 0.2) is 29.2 Å². The van der Waals surface area contributed by atoms with Gasteiger partial charge in [0.1, 0.15) is 0 Å². The highest BCUT2D eigenvalue weighted by atomic mass is 32.2. The largest absolute Gasteiger partial charge is 0.480 e. The number of carbonyl (C=O) groups is 2. The third-order valence-corrected chi connectivity index (χ3v) is 3.66. The van der Waals surface area contributed by atoms with Crippen molar-refractivity contribution in [3.63, 3.8) is 0 Å². The molecule has 0 bridgehead atoms. The number of aliphatic carboxylic acids is 1. The third-order valence-electron chi connectivity index (χ3n) is 2.04. The summed E-state index contributed by atoms with van der Waals surface area (Å²) in [4.78, 5) is 20.6. The lowest BCUT2D eigenvalue weighted by Gasteiger charge is -2.08. The summed E-state index contributed by atoms with van der Waals surface area (Å²) in [5, 5.41) is 9.94. The lowest BCUT2D eigenvalue weighted by atomic mass is 10.3. The van der Waals surface area contributed by atoms with Crippen LogP contribution in [0.3, 0.4) is 0 Å². The molecule has 2 N–H and O–H groups in total. The van der Waals surface area contributed by atoms with Crippen molar-refractivity contribution >= 4 is 27.4 Å². The minimum atomic E-state index is -5.06. The fraction of sp³-hybridized carbons (Fsp3) is 0.200. The van der Waals surface area contributed by atoms with Crippen molar-refractivity contribution in [3.05, 3.63) is 24.3 Å². The van der Waals surface area contributed by atoms with Gasteiger partial charge in [0, 0.05) is 5.69 Å². The van der Waals surface area contributed by atoms with Gasteiger partial charge in [-0.25, -0.2) is 8.42 Å². The number of carbonyl (C=O) groups excluding carboxylic acids is 1. The first-order valence-corrected chi connectivity index (χ1v) is 6.60. The Balaban J connectivity index is 2.90. The zero-order chi connectivity index (χ0) is 15.6. The van der Waals surface area contributed by atoms with Gasteiger partial charge in [0.05, 0.1) is 4.90 Å². The van der Waals surface area contributed by atoms with Crippen LogP contribution in [0, 0.1) is 0 Å². The predicted octanol–water partition coefficient (Wildman–Crippen LogP) is 1.05. The molecule has 0 unspecified atom stereocenters. The van der Waals surface area contributed by atoms with Crippen LogP contribution >= 0.6 is 0 Å². The van der Waals surface area contributed by atoms with Gasteiger partial charge in [0.25, 0.3) is 0 Å². The molecule has 1 aromatic carbocycles. The molecule has 0 aliphatic heterocycles. The zero-order valence-corrected chi connectivity index (χ0v) is 10.5. The summed E-state index contributed by atoms with van der Waals surface area (Å²) in [6.07, 6.45) is -5.06. The molecule has 0 radical (unpaired) electrons.